The maximum atomic E-state index is 5.66. The Morgan fingerprint density at radius 3 is 0.731 bits per heavy atom. The smallest absolute Gasteiger partial charge is 0.0764 e. The fourth-order valence-electron chi connectivity index (χ4n) is 14.1. The molecule has 8 saturated carbocycles. The molecule has 1 heterocycles. The summed E-state index contributed by atoms with van der Waals surface area (Å²) in [5, 5.41) is 22.6. The molecule has 4 nitrogen and oxygen atoms in total. The van der Waals surface area contributed by atoms with E-state index in [-0.39, 0.29) is 21.7 Å². The van der Waals surface area contributed by atoms with Gasteiger partial charge >= 0.3 is 0 Å². The van der Waals surface area contributed by atoms with Gasteiger partial charge in [0.1, 0.15) is 0 Å². The molecule has 4 atom stereocenters. The molecule has 0 saturated heterocycles. The van der Waals surface area contributed by atoms with E-state index in [0.29, 0.717) is 23.7 Å². The van der Waals surface area contributed by atoms with Crippen LogP contribution in [0, 0.1) is 45.3 Å². The van der Waals surface area contributed by atoms with Crippen LogP contribution in [0.15, 0.2) is 142 Å². The molecule has 9 aliphatic rings. The van der Waals surface area contributed by atoms with Crippen LogP contribution in [0.4, 0.5) is 0 Å². The van der Waals surface area contributed by atoms with Crippen molar-refractivity contribution in [2.24, 2.45) is 65.7 Å². The molecule has 4 aromatic carbocycles. The van der Waals surface area contributed by atoms with Crippen LogP contribution in [0.3, 0.4) is 0 Å². The summed E-state index contributed by atoms with van der Waals surface area (Å²) in [6.45, 7) is 0. The van der Waals surface area contributed by atoms with Gasteiger partial charge < -0.3 is 0 Å². The summed E-state index contributed by atoms with van der Waals surface area (Å²) < 4.78 is 0. The van der Waals surface area contributed by atoms with E-state index in [1.165, 1.54) is 109 Å². The molecule has 13 rings (SSSR count). The lowest BCUT2D eigenvalue weighted by Crippen LogP contribution is -2.58. The Morgan fingerprint density at radius 2 is 0.519 bits per heavy atom. The summed E-state index contributed by atoms with van der Waals surface area (Å²) in [7, 11) is 0. The Balaban J connectivity index is 1.22. The van der Waals surface area contributed by atoms with Crippen LogP contribution in [0.25, 0.3) is 0 Å². The maximum Gasteiger partial charge on any atom is 0.0764 e. The van der Waals surface area contributed by atoms with Crippen LogP contribution in [0.5, 0.6) is 0 Å². The van der Waals surface area contributed by atoms with Gasteiger partial charge in [-0.05, 0) is 123 Å². The highest BCUT2D eigenvalue weighted by Crippen LogP contribution is 2.69. The summed E-state index contributed by atoms with van der Waals surface area (Å²) >= 11 is 0. The molecule has 8 aliphatic carbocycles. The number of hydrogen-bond acceptors (Lipinski definition) is 4. The van der Waals surface area contributed by atoms with Crippen LogP contribution in [-0.4, -0.2) is 22.8 Å². The van der Waals surface area contributed by atoms with Gasteiger partial charge in [-0.25, -0.2) is 0 Å². The molecule has 4 unspecified atom stereocenters. The lowest BCUT2D eigenvalue weighted by Gasteiger charge is -2.63. The highest BCUT2D eigenvalue weighted by molar-refractivity contribution is 6.12. The molecule has 8 bridgehead atoms. The van der Waals surface area contributed by atoms with E-state index in [1.54, 1.807) is 0 Å². The zero-order chi connectivity index (χ0) is 34.4. The lowest BCUT2D eigenvalue weighted by atomic mass is 9.41. The maximum absolute atomic E-state index is 5.66. The topological polar surface area (TPSA) is 49.4 Å². The number of rotatable bonds is 4. The second kappa shape index (κ2) is 11.5. The van der Waals surface area contributed by atoms with E-state index in [0.717, 1.165) is 12.8 Å². The molecule has 8 fully saturated rings. The average Bonchev–Trinajstić information content (AvgIpc) is 3.15. The molecule has 4 aromatic rings. The van der Waals surface area contributed by atoms with Crippen molar-refractivity contribution in [3.8, 4) is 0 Å². The molecule has 0 radical (unpaired) electrons. The fourth-order valence-corrected chi connectivity index (χ4v) is 14.1. The quantitative estimate of drug-likeness (QED) is 0.206. The molecule has 52 heavy (non-hydrogen) atoms. The first-order valence-corrected chi connectivity index (χ1v) is 20.1. The van der Waals surface area contributed by atoms with Crippen LogP contribution < -0.4 is 0 Å². The van der Waals surface area contributed by atoms with Gasteiger partial charge in [0.15, 0.2) is 0 Å². The van der Waals surface area contributed by atoms with Crippen molar-refractivity contribution in [1.29, 1.82) is 0 Å². The van der Waals surface area contributed by atoms with E-state index in [9.17, 15) is 0 Å². The van der Waals surface area contributed by atoms with E-state index in [2.05, 4.69) is 121 Å². The van der Waals surface area contributed by atoms with E-state index in [1.807, 2.05) is 0 Å². The van der Waals surface area contributed by atoms with Crippen LogP contribution in [0.1, 0.15) is 99.3 Å². The summed E-state index contributed by atoms with van der Waals surface area (Å²) in [6.07, 6.45) is 14.3. The largest absolute Gasteiger partial charge is 0.154 e. The van der Waals surface area contributed by atoms with E-state index >= 15 is 0 Å². The van der Waals surface area contributed by atoms with Gasteiger partial charge in [0.25, 0.3) is 0 Å². The third-order valence-electron chi connectivity index (χ3n) is 14.8. The van der Waals surface area contributed by atoms with Crippen molar-refractivity contribution in [2.75, 3.05) is 0 Å². The van der Waals surface area contributed by atoms with E-state index < -0.39 is 0 Å². The van der Waals surface area contributed by atoms with Gasteiger partial charge in [0.05, 0.1) is 22.8 Å². The fraction of sp³-hybridized carbons (Fsp3) is 0.417. The monoisotopic (exact) mass is 680 g/mol. The van der Waals surface area contributed by atoms with Gasteiger partial charge in [-0.15, -0.1) is 0 Å². The van der Waals surface area contributed by atoms with Crippen LogP contribution in [0.2, 0.25) is 0 Å². The number of nitrogens with zero attached hydrogens (tertiary/aromatic N) is 4. The predicted molar refractivity (Wildman–Crippen MR) is 211 cm³/mol. The molecule has 0 aromatic heterocycles. The highest BCUT2D eigenvalue weighted by Gasteiger charge is 2.63. The van der Waals surface area contributed by atoms with Gasteiger partial charge in [-0.2, -0.15) is 20.4 Å². The number of hydrogen-bond donors (Lipinski definition) is 0. The molecule has 260 valence electrons. The van der Waals surface area contributed by atoms with Gasteiger partial charge in [0, 0.05) is 21.7 Å². The predicted octanol–water partition coefficient (Wildman–Crippen LogP) is 11.0. The molecular weight excluding hydrogens is 633 g/mol. The van der Waals surface area contributed by atoms with Crippen molar-refractivity contribution >= 4 is 22.8 Å². The molecule has 0 amide bonds. The summed E-state index contributed by atoms with van der Waals surface area (Å²) in [4.78, 5) is 0. The van der Waals surface area contributed by atoms with Crippen molar-refractivity contribution in [3.05, 3.63) is 144 Å². The Kier molecular flexibility index (Phi) is 6.90. The minimum Gasteiger partial charge on any atom is -0.154 e. The van der Waals surface area contributed by atoms with Gasteiger partial charge in [-0.1, -0.05) is 121 Å². The molecule has 0 N–H and O–H groups in total. The molecule has 1 aliphatic heterocycles. The SMILES string of the molecule is c1ccc(/C2=N\N=C(\c3ccccc3)C34CC5CC(CC(C5)(C3)/C(c3ccccc3)=N/N=C(/c3ccccc3)C35CC6CC(CC2(C6)C3)C5)C4)cc1. The minimum absolute atomic E-state index is 0.0505. The third-order valence-corrected chi connectivity index (χ3v) is 14.8. The van der Waals surface area contributed by atoms with Crippen molar-refractivity contribution < 1.29 is 0 Å². The van der Waals surface area contributed by atoms with Crippen molar-refractivity contribution in [3.63, 3.8) is 0 Å². The minimum atomic E-state index is -0.0505. The molecule has 4 spiro atoms. The zero-order valence-electron chi connectivity index (χ0n) is 30.1. The molecule has 4 heteroatoms. The first-order valence-electron chi connectivity index (χ1n) is 20.1. The van der Waals surface area contributed by atoms with Crippen molar-refractivity contribution in [2.45, 2.75) is 77.0 Å². The second-order valence-corrected chi connectivity index (χ2v) is 18.3. The first kappa shape index (κ1) is 31.1. The van der Waals surface area contributed by atoms with Crippen LogP contribution >= 0.6 is 0 Å². The summed E-state index contributed by atoms with van der Waals surface area (Å²) in [6, 6.07) is 44.5. The Bertz CT molecular complexity index is 1800. The lowest BCUT2D eigenvalue weighted by molar-refractivity contribution is -0.0428. The Hall–Kier alpha value is -4.44. The second-order valence-electron chi connectivity index (χ2n) is 18.3. The van der Waals surface area contributed by atoms with Gasteiger partial charge in [-0.3, -0.25) is 0 Å². The Labute approximate surface area is 308 Å². The average molecular weight is 681 g/mol. The molecular formula is C48H48N4. The third kappa shape index (κ3) is 4.78. The first-order chi connectivity index (χ1) is 25.5. The normalized spacial score (nSPS) is 41.1. The standard InChI is InChI=1S/C48H48N4/c1-5-13-37(14-6-1)41-45-23-33-21-34(24-45)26-46(25-33,31-45)43(39-17-9-3-10-18-39)51-52-44(40-19-11-4-12-20-40)48-29-35-22-36(30-48)28-47(27-35,32-48)42(50-49-41)38-15-7-2-8-16-38/h1-20,33-36H,21-32H2/b49-41-,50-42+,51-43+,52-44-. The zero-order valence-corrected chi connectivity index (χ0v) is 30.1. The number of benzene rings is 4. The summed E-state index contributed by atoms with van der Waals surface area (Å²) in [5.41, 5.74) is 9.65. The summed E-state index contributed by atoms with van der Waals surface area (Å²) in [5.74, 6) is 2.59. The van der Waals surface area contributed by atoms with Crippen molar-refractivity contribution in [1.82, 2.24) is 0 Å². The van der Waals surface area contributed by atoms with Crippen LogP contribution in [-0.2, 0) is 0 Å². The van der Waals surface area contributed by atoms with E-state index in [4.69, 9.17) is 20.4 Å². The van der Waals surface area contributed by atoms with Gasteiger partial charge in [0.2, 0.25) is 0 Å². The Morgan fingerprint density at radius 1 is 0.308 bits per heavy atom. The highest BCUT2D eigenvalue weighted by atomic mass is 15.2.